The molecule has 1 aromatic heterocycles. The van der Waals surface area contributed by atoms with E-state index in [2.05, 4.69) is 15.2 Å². The van der Waals surface area contributed by atoms with Gasteiger partial charge in [0.2, 0.25) is 0 Å². The smallest absolute Gasteiger partial charge is 0.282 e. The van der Waals surface area contributed by atoms with Gasteiger partial charge in [-0.2, -0.15) is 0 Å². The van der Waals surface area contributed by atoms with Crippen molar-refractivity contribution in [1.82, 2.24) is 10.2 Å². The van der Waals surface area contributed by atoms with Crippen LogP contribution < -0.4 is 20.6 Å². The minimum Gasteiger partial charge on any atom is -0.493 e. The molecular formula is C17H14N4O6. The topological polar surface area (TPSA) is 140 Å². The monoisotopic (exact) mass is 370 g/mol. The number of ether oxygens (including phenoxy) is 2. The zero-order valence-electron chi connectivity index (χ0n) is 14.3. The molecule has 0 fully saturated rings. The second kappa shape index (κ2) is 7.12. The normalized spacial score (nSPS) is 11.0. The van der Waals surface area contributed by atoms with Gasteiger partial charge in [-0.1, -0.05) is 6.07 Å². The van der Waals surface area contributed by atoms with E-state index in [0.29, 0.717) is 0 Å². The van der Waals surface area contributed by atoms with E-state index >= 15 is 0 Å². The van der Waals surface area contributed by atoms with Crippen LogP contribution in [0.15, 0.2) is 44.9 Å². The fourth-order valence-corrected chi connectivity index (χ4v) is 2.60. The van der Waals surface area contributed by atoms with Gasteiger partial charge < -0.3 is 9.47 Å². The molecule has 0 radical (unpaired) electrons. The van der Waals surface area contributed by atoms with E-state index in [-0.39, 0.29) is 39.2 Å². The molecule has 0 spiro atoms. The van der Waals surface area contributed by atoms with Gasteiger partial charge in [-0.25, -0.2) is 0 Å². The Hall–Kier alpha value is -3.95. The van der Waals surface area contributed by atoms with Gasteiger partial charge in [0.25, 0.3) is 16.8 Å². The number of benzene rings is 2. The lowest BCUT2D eigenvalue weighted by atomic mass is 10.1. The third kappa shape index (κ3) is 3.27. The molecule has 0 aliphatic carbocycles. The van der Waals surface area contributed by atoms with E-state index in [1.807, 2.05) is 0 Å². The van der Waals surface area contributed by atoms with Crippen molar-refractivity contribution in [2.24, 2.45) is 4.99 Å². The maximum Gasteiger partial charge on any atom is 0.282 e. The maximum absolute atomic E-state index is 12.1. The summed E-state index contributed by atoms with van der Waals surface area (Å²) in [7, 11) is 2.77. The molecule has 0 atom stereocenters. The number of hydrogen-bond donors (Lipinski definition) is 2. The fourth-order valence-electron chi connectivity index (χ4n) is 2.60. The number of methoxy groups -OCH3 is 2. The van der Waals surface area contributed by atoms with E-state index in [4.69, 9.17) is 9.47 Å². The Morgan fingerprint density at radius 3 is 2.41 bits per heavy atom. The van der Waals surface area contributed by atoms with E-state index in [9.17, 15) is 19.7 Å². The Bertz CT molecular complexity index is 1180. The average Bonchev–Trinajstić information content (AvgIpc) is 2.68. The van der Waals surface area contributed by atoms with Crippen LogP contribution in [0.2, 0.25) is 0 Å². The van der Waals surface area contributed by atoms with Crippen molar-refractivity contribution in [3.8, 4) is 11.5 Å². The summed E-state index contributed by atoms with van der Waals surface area (Å²) in [6.07, 6.45) is 1.23. The number of aromatic nitrogens is 2. The van der Waals surface area contributed by atoms with E-state index in [0.717, 1.165) is 0 Å². The lowest BCUT2D eigenvalue weighted by Gasteiger charge is -2.08. The highest BCUT2D eigenvalue weighted by molar-refractivity contribution is 5.95. The Labute approximate surface area is 151 Å². The summed E-state index contributed by atoms with van der Waals surface area (Å²) in [5.74, 6) is 0.492. The highest BCUT2D eigenvalue weighted by Crippen LogP contribution is 2.34. The summed E-state index contributed by atoms with van der Waals surface area (Å²) in [6, 6.07) is 7.21. The van der Waals surface area contributed by atoms with Crippen molar-refractivity contribution in [2.45, 2.75) is 0 Å². The number of nitro groups is 1. The third-order valence-corrected chi connectivity index (χ3v) is 3.88. The van der Waals surface area contributed by atoms with Crippen LogP contribution in [0.4, 0.5) is 11.4 Å². The number of nitrogens with one attached hydrogen (secondary N) is 2. The van der Waals surface area contributed by atoms with Gasteiger partial charge in [-0.15, -0.1) is 0 Å². The molecule has 10 nitrogen and oxygen atoms in total. The lowest BCUT2D eigenvalue weighted by Crippen LogP contribution is -2.18. The predicted molar refractivity (Wildman–Crippen MR) is 98.6 cm³/mol. The summed E-state index contributed by atoms with van der Waals surface area (Å²) in [4.78, 5) is 38.9. The fraction of sp³-hybridized carbons (Fsp3) is 0.118. The molecular weight excluding hydrogens is 356 g/mol. The summed E-state index contributed by atoms with van der Waals surface area (Å²) in [6.45, 7) is 0. The van der Waals surface area contributed by atoms with Gasteiger partial charge in [-0.3, -0.25) is 34.9 Å². The maximum atomic E-state index is 12.1. The highest BCUT2D eigenvalue weighted by atomic mass is 16.6. The average molecular weight is 370 g/mol. The van der Waals surface area contributed by atoms with Crippen LogP contribution in [0.3, 0.4) is 0 Å². The first-order valence-corrected chi connectivity index (χ1v) is 7.64. The number of hydrogen-bond acceptors (Lipinski definition) is 7. The van der Waals surface area contributed by atoms with Crippen LogP contribution in [0.1, 0.15) is 5.56 Å². The molecule has 0 bridgehead atoms. The Morgan fingerprint density at radius 1 is 1.07 bits per heavy atom. The molecule has 3 aromatic rings. The molecule has 0 aliphatic heterocycles. The van der Waals surface area contributed by atoms with Crippen LogP contribution in [-0.4, -0.2) is 35.6 Å². The largest absolute Gasteiger partial charge is 0.493 e. The summed E-state index contributed by atoms with van der Waals surface area (Å²) in [5.41, 5.74) is -0.902. The second-order valence-corrected chi connectivity index (χ2v) is 5.39. The summed E-state index contributed by atoms with van der Waals surface area (Å²) in [5, 5.41) is 16.1. The Kier molecular flexibility index (Phi) is 4.71. The third-order valence-electron chi connectivity index (χ3n) is 3.88. The molecule has 0 unspecified atom stereocenters. The van der Waals surface area contributed by atoms with Crippen molar-refractivity contribution in [3.63, 3.8) is 0 Å². The molecule has 0 saturated heterocycles. The Balaban J connectivity index is 2.19. The molecule has 2 N–H and O–H groups in total. The van der Waals surface area contributed by atoms with Crippen LogP contribution in [0.5, 0.6) is 11.5 Å². The molecule has 10 heteroatoms. The molecule has 3 rings (SSSR count). The van der Waals surface area contributed by atoms with E-state index < -0.39 is 16.0 Å². The number of rotatable bonds is 5. The molecule has 1 heterocycles. The first kappa shape index (κ1) is 17.9. The molecule has 0 amide bonds. The number of H-pyrrole nitrogens is 2. The second-order valence-electron chi connectivity index (χ2n) is 5.39. The number of aromatic amines is 2. The molecule has 2 aromatic carbocycles. The van der Waals surface area contributed by atoms with Crippen molar-refractivity contribution >= 4 is 28.4 Å². The number of nitro benzene ring substituents is 1. The van der Waals surface area contributed by atoms with Gasteiger partial charge in [0.1, 0.15) is 0 Å². The van der Waals surface area contributed by atoms with Crippen molar-refractivity contribution in [3.05, 3.63) is 66.7 Å². The molecule has 27 heavy (non-hydrogen) atoms. The minimum atomic E-state index is -0.579. The first-order chi connectivity index (χ1) is 13.0. The summed E-state index contributed by atoms with van der Waals surface area (Å²) >= 11 is 0. The SMILES string of the molecule is COc1cc(C=Nc2cccc3c(=O)[nH][nH]c(=O)c23)c([N+](=O)[O-])cc1OC. The van der Waals surface area contributed by atoms with Crippen molar-refractivity contribution in [2.75, 3.05) is 14.2 Å². The van der Waals surface area contributed by atoms with Gasteiger partial charge in [0.05, 0.1) is 47.2 Å². The zero-order chi connectivity index (χ0) is 19.6. The summed E-state index contributed by atoms with van der Waals surface area (Å²) < 4.78 is 10.2. The highest BCUT2D eigenvalue weighted by Gasteiger charge is 2.18. The standard InChI is InChI=1S/C17H14N4O6/c1-26-13-6-9(12(21(24)25)7-14(13)27-2)8-18-11-5-3-4-10-15(11)17(23)20-19-16(10)22/h3-8H,1-2H3,(H,19,22)(H,20,23). The van der Waals surface area contributed by atoms with Crippen molar-refractivity contribution in [1.29, 1.82) is 0 Å². The van der Waals surface area contributed by atoms with Gasteiger partial charge in [-0.05, 0) is 18.2 Å². The molecule has 138 valence electrons. The quantitative estimate of drug-likeness (QED) is 0.399. The lowest BCUT2D eigenvalue weighted by molar-refractivity contribution is -0.385. The van der Waals surface area contributed by atoms with E-state index in [1.165, 1.54) is 44.7 Å². The van der Waals surface area contributed by atoms with Crippen LogP contribution in [0, 0.1) is 10.1 Å². The number of fused-ring (bicyclic) bond motifs is 1. The van der Waals surface area contributed by atoms with Gasteiger partial charge >= 0.3 is 0 Å². The van der Waals surface area contributed by atoms with Crippen LogP contribution >= 0.6 is 0 Å². The van der Waals surface area contributed by atoms with Gasteiger partial charge in [0, 0.05) is 6.21 Å². The Morgan fingerprint density at radius 2 is 1.74 bits per heavy atom. The van der Waals surface area contributed by atoms with E-state index in [1.54, 1.807) is 6.07 Å². The number of aliphatic imine (C=N–C) groups is 1. The zero-order valence-corrected chi connectivity index (χ0v) is 14.3. The number of nitrogens with zero attached hydrogens (tertiary/aromatic N) is 2. The van der Waals surface area contributed by atoms with Crippen LogP contribution in [0.25, 0.3) is 10.8 Å². The van der Waals surface area contributed by atoms with Gasteiger partial charge in [0.15, 0.2) is 11.5 Å². The van der Waals surface area contributed by atoms with Crippen LogP contribution in [-0.2, 0) is 0 Å². The minimum absolute atomic E-state index is 0.0839. The predicted octanol–water partition coefficient (Wildman–Crippen LogP) is 1.89. The first-order valence-electron chi connectivity index (χ1n) is 7.64. The molecule has 0 aliphatic rings. The molecule has 0 saturated carbocycles. The van der Waals surface area contributed by atoms with Crippen molar-refractivity contribution < 1.29 is 14.4 Å².